The molecule has 2 rings (SSSR count). The second-order valence-corrected chi connectivity index (χ2v) is 7.01. The summed E-state index contributed by atoms with van der Waals surface area (Å²) in [6.45, 7) is 9.37. The van der Waals surface area contributed by atoms with Crippen molar-refractivity contribution in [3.8, 4) is 5.75 Å². The zero-order chi connectivity index (χ0) is 19.2. The van der Waals surface area contributed by atoms with Crippen LogP contribution in [0.25, 0.3) is 0 Å². The molecule has 0 aliphatic carbocycles. The van der Waals surface area contributed by atoms with Crippen LogP contribution in [-0.4, -0.2) is 18.2 Å². The minimum atomic E-state index is -0.492. The minimum absolute atomic E-state index is 0.0240. The summed E-state index contributed by atoms with van der Waals surface area (Å²) in [6, 6.07) is 11.0. The van der Waals surface area contributed by atoms with Crippen LogP contribution in [0.2, 0.25) is 0 Å². The van der Waals surface area contributed by atoms with Gasteiger partial charge in [0.25, 0.3) is 5.91 Å². The molecular formula is C21H25NO4. The van der Waals surface area contributed by atoms with Gasteiger partial charge in [0.1, 0.15) is 18.1 Å². The molecule has 2 aromatic rings. The van der Waals surface area contributed by atoms with Crippen molar-refractivity contribution in [3.05, 3.63) is 66.1 Å². The van der Waals surface area contributed by atoms with Gasteiger partial charge in [-0.1, -0.05) is 45.0 Å². The van der Waals surface area contributed by atoms with E-state index in [0.29, 0.717) is 12.2 Å². The molecule has 0 atom stereocenters. The van der Waals surface area contributed by atoms with Crippen LogP contribution in [0, 0.1) is 5.41 Å². The molecular weight excluding hydrogens is 330 g/mol. The lowest BCUT2D eigenvalue weighted by molar-refractivity contribution is -0.125. The van der Waals surface area contributed by atoms with Crippen LogP contribution in [0.5, 0.6) is 5.75 Å². The van der Waals surface area contributed by atoms with Crippen molar-refractivity contribution < 1.29 is 18.7 Å². The maximum atomic E-state index is 12.1. The monoisotopic (exact) mass is 355 g/mol. The molecule has 0 spiro atoms. The first-order valence-corrected chi connectivity index (χ1v) is 8.53. The third-order valence-corrected chi connectivity index (χ3v) is 3.84. The Labute approximate surface area is 154 Å². The van der Waals surface area contributed by atoms with Crippen molar-refractivity contribution in [2.75, 3.05) is 6.54 Å². The number of benzene rings is 1. The van der Waals surface area contributed by atoms with E-state index >= 15 is 0 Å². The normalized spacial score (nSPS) is 11.0. The van der Waals surface area contributed by atoms with Gasteiger partial charge in [0.05, 0.1) is 6.54 Å². The van der Waals surface area contributed by atoms with Crippen LogP contribution in [0.4, 0.5) is 0 Å². The SMILES string of the molecule is C=CCc1ccccc1OCc1ccc(C(=O)NCC(=O)C(C)(C)C)o1. The molecule has 0 bridgehead atoms. The molecule has 1 N–H and O–H groups in total. The predicted molar refractivity (Wildman–Crippen MR) is 100 cm³/mol. The van der Waals surface area contributed by atoms with Gasteiger partial charge in [0, 0.05) is 5.41 Å². The first-order chi connectivity index (χ1) is 12.3. The summed E-state index contributed by atoms with van der Waals surface area (Å²) < 4.78 is 11.3. The fourth-order valence-electron chi connectivity index (χ4n) is 2.21. The summed E-state index contributed by atoms with van der Waals surface area (Å²) in [5, 5.41) is 2.58. The Morgan fingerprint density at radius 3 is 2.62 bits per heavy atom. The van der Waals surface area contributed by atoms with Gasteiger partial charge in [0.2, 0.25) is 0 Å². The van der Waals surface area contributed by atoms with Gasteiger partial charge in [-0.15, -0.1) is 6.58 Å². The van der Waals surface area contributed by atoms with Gasteiger partial charge >= 0.3 is 0 Å². The van der Waals surface area contributed by atoms with E-state index < -0.39 is 11.3 Å². The molecule has 0 aliphatic heterocycles. The molecule has 1 heterocycles. The van der Waals surface area contributed by atoms with Crippen LogP contribution in [0.15, 0.2) is 53.5 Å². The predicted octanol–water partition coefficient (Wildman–Crippen LogP) is 3.93. The Hall–Kier alpha value is -2.82. The van der Waals surface area contributed by atoms with Gasteiger partial charge in [-0.25, -0.2) is 0 Å². The third kappa shape index (κ3) is 5.34. The number of nitrogens with one attached hydrogen (secondary N) is 1. The highest BCUT2D eigenvalue weighted by Gasteiger charge is 2.22. The fourth-order valence-corrected chi connectivity index (χ4v) is 2.21. The average Bonchev–Trinajstić information content (AvgIpc) is 3.07. The van der Waals surface area contributed by atoms with Gasteiger partial charge in [-0.05, 0) is 30.2 Å². The number of Topliss-reactive ketones (excluding diaryl/α,β-unsaturated/α-hetero) is 1. The standard InChI is InChI=1S/C21H25NO4/c1-5-8-15-9-6-7-10-17(15)25-14-16-11-12-18(26-16)20(24)22-13-19(23)21(2,3)4/h5-7,9-12H,1,8,13-14H2,2-4H3,(H,22,24). The Morgan fingerprint density at radius 2 is 1.92 bits per heavy atom. The molecule has 0 saturated carbocycles. The van der Waals surface area contributed by atoms with E-state index in [1.165, 1.54) is 0 Å². The number of para-hydroxylation sites is 1. The number of allylic oxidation sites excluding steroid dienone is 1. The van der Waals surface area contributed by atoms with E-state index in [2.05, 4.69) is 11.9 Å². The highest BCUT2D eigenvalue weighted by molar-refractivity contribution is 5.95. The van der Waals surface area contributed by atoms with Gasteiger partial charge < -0.3 is 14.5 Å². The van der Waals surface area contributed by atoms with E-state index in [0.717, 1.165) is 11.3 Å². The third-order valence-electron chi connectivity index (χ3n) is 3.84. The topological polar surface area (TPSA) is 68.5 Å². The van der Waals surface area contributed by atoms with E-state index in [-0.39, 0.29) is 24.7 Å². The Balaban J connectivity index is 1.92. The molecule has 0 saturated heterocycles. The van der Waals surface area contributed by atoms with Crippen LogP contribution < -0.4 is 10.1 Å². The lowest BCUT2D eigenvalue weighted by Crippen LogP contribution is -2.35. The number of ether oxygens (including phenoxy) is 1. The zero-order valence-corrected chi connectivity index (χ0v) is 15.5. The molecule has 0 aliphatic rings. The Kier molecular flexibility index (Phi) is 6.39. The van der Waals surface area contributed by atoms with Crippen molar-refractivity contribution >= 4 is 11.7 Å². The number of hydrogen-bond donors (Lipinski definition) is 1. The highest BCUT2D eigenvalue weighted by atomic mass is 16.5. The summed E-state index contributed by atoms with van der Waals surface area (Å²) in [5.41, 5.74) is 0.543. The van der Waals surface area contributed by atoms with Gasteiger partial charge in [-0.2, -0.15) is 0 Å². The molecule has 5 heteroatoms. The molecule has 1 aromatic carbocycles. The average molecular weight is 355 g/mol. The minimum Gasteiger partial charge on any atom is -0.485 e. The van der Waals surface area contributed by atoms with Crippen LogP contribution in [0.1, 0.15) is 42.6 Å². The Morgan fingerprint density at radius 1 is 1.19 bits per heavy atom. The van der Waals surface area contributed by atoms with Crippen molar-refractivity contribution in [3.63, 3.8) is 0 Å². The molecule has 5 nitrogen and oxygen atoms in total. The smallest absolute Gasteiger partial charge is 0.287 e. The maximum absolute atomic E-state index is 12.1. The summed E-state index contributed by atoms with van der Waals surface area (Å²) in [7, 11) is 0. The summed E-state index contributed by atoms with van der Waals surface area (Å²) in [6.07, 6.45) is 2.53. The van der Waals surface area contributed by atoms with Crippen molar-refractivity contribution in [2.24, 2.45) is 5.41 Å². The molecule has 0 fully saturated rings. The number of ketones is 1. The molecule has 138 valence electrons. The van der Waals surface area contributed by atoms with Gasteiger partial charge in [0.15, 0.2) is 11.5 Å². The van der Waals surface area contributed by atoms with Crippen LogP contribution in [0.3, 0.4) is 0 Å². The van der Waals surface area contributed by atoms with Gasteiger partial charge in [-0.3, -0.25) is 9.59 Å². The number of carbonyl (C=O) groups is 2. The second kappa shape index (κ2) is 8.52. The lowest BCUT2D eigenvalue weighted by Gasteiger charge is -2.16. The van der Waals surface area contributed by atoms with E-state index in [9.17, 15) is 9.59 Å². The van der Waals surface area contributed by atoms with Crippen molar-refractivity contribution in [1.29, 1.82) is 0 Å². The first kappa shape index (κ1) is 19.5. The second-order valence-electron chi connectivity index (χ2n) is 7.01. The molecule has 0 unspecified atom stereocenters. The van der Waals surface area contributed by atoms with Crippen LogP contribution in [-0.2, 0) is 17.8 Å². The summed E-state index contributed by atoms with van der Waals surface area (Å²) in [4.78, 5) is 24.0. The summed E-state index contributed by atoms with van der Waals surface area (Å²) >= 11 is 0. The number of carbonyl (C=O) groups excluding carboxylic acids is 2. The Bertz CT molecular complexity index is 783. The molecule has 1 aromatic heterocycles. The van der Waals surface area contributed by atoms with Crippen molar-refractivity contribution in [2.45, 2.75) is 33.8 Å². The maximum Gasteiger partial charge on any atom is 0.287 e. The number of rotatable bonds is 8. The largest absolute Gasteiger partial charge is 0.485 e. The summed E-state index contributed by atoms with van der Waals surface area (Å²) in [5.74, 6) is 0.988. The molecule has 1 amide bonds. The molecule has 26 heavy (non-hydrogen) atoms. The zero-order valence-electron chi connectivity index (χ0n) is 15.5. The number of amides is 1. The highest BCUT2D eigenvalue weighted by Crippen LogP contribution is 2.21. The molecule has 0 radical (unpaired) electrons. The van der Waals surface area contributed by atoms with E-state index in [1.807, 2.05) is 51.1 Å². The quantitative estimate of drug-likeness (QED) is 0.729. The number of furan rings is 1. The van der Waals surface area contributed by atoms with Crippen LogP contribution >= 0.6 is 0 Å². The fraction of sp³-hybridized carbons (Fsp3) is 0.333. The van der Waals surface area contributed by atoms with E-state index in [4.69, 9.17) is 9.15 Å². The van der Waals surface area contributed by atoms with E-state index in [1.54, 1.807) is 12.1 Å². The lowest BCUT2D eigenvalue weighted by atomic mass is 9.91. The first-order valence-electron chi connectivity index (χ1n) is 8.53. The van der Waals surface area contributed by atoms with Crippen molar-refractivity contribution in [1.82, 2.24) is 5.32 Å². The number of hydrogen-bond acceptors (Lipinski definition) is 4.